The summed E-state index contributed by atoms with van der Waals surface area (Å²) in [6.45, 7) is 0.700. The van der Waals surface area contributed by atoms with Crippen molar-refractivity contribution in [2.24, 2.45) is 0 Å². The van der Waals surface area contributed by atoms with Crippen molar-refractivity contribution >= 4 is 49.2 Å². The lowest BCUT2D eigenvalue weighted by Gasteiger charge is -2.22. The number of hydrogen-bond acceptors (Lipinski definition) is 1. The molecule has 0 spiro atoms. The molecule has 0 radical (unpaired) electrons. The maximum absolute atomic E-state index is 3.98. The van der Waals surface area contributed by atoms with Gasteiger partial charge in [-0.3, -0.25) is 0 Å². The van der Waals surface area contributed by atoms with E-state index in [-0.39, 0.29) is 0 Å². The zero-order valence-corrected chi connectivity index (χ0v) is 35.0. The molecule has 3 heteroatoms. The quantitative estimate of drug-likeness (QED) is 0.154. The van der Waals surface area contributed by atoms with Crippen LogP contribution in [-0.2, 0) is 25.8 Å². The summed E-state index contributed by atoms with van der Waals surface area (Å²) < 4.78 is 5.07. The Labute approximate surface area is 367 Å². The Balaban J connectivity index is 1.13. The summed E-state index contributed by atoms with van der Waals surface area (Å²) in [6, 6.07) is 78.0. The van der Waals surface area contributed by atoms with Crippen LogP contribution in [0.25, 0.3) is 82.9 Å². The third-order valence-corrected chi connectivity index (χ3v) is 13.1. The number of aromatic nitrogens is 2. The van der Waals surface area contributed by atoms with Gasteiger partial charge in [-0.25, -0.2) is 0 Å². The van der Waals surface area contributed by atoms with E-state index in [9.17, 15) is 0 Å². The summed E-state index contributed by atoms with van der Waals surface area (Å²) >= 11 is 0. The SMILES string of the molecule is C(/Cc1cccc(-c2ccccc2)c1)=C(/NCc1ccccc1)c1cc(-n2c3c(c4ccccc42)CCc2ccccc2-3)cc(-n2c3ccccc3c3ccc4ccccc4c32)c1. The molecule has 2 aromatic heterocycles. The maximum atomic E-state index is 3.98. The fourth-order valence-corrected chi connectivity index (χ4v) is 10.2. The number of rotatable bonds is 9. The van der Waals surface area contributed by atoms with Gasteiger partial charge < -0.3 is 14.5 Å². The Bertz CT molecular complexity index is 3530. The summed E-state index contributed by atoms with van der Waals surface area (Å²) in [6.07, 6.45) is 5.22. The van der Waals surface area contributed by atoms with Crippen LogP contribution in [0.2, 0.25) is 0 Å². The molecule has 1 N–H and O–H groups in total. The second-order valence-corrected chi connectivity index (χ2v) is 16.8. The summed E-state index contributed by atoms with van der Waals surface area (Å²) in [5, 5.41) is 10.3. The van der Waals surface area contributed by atoms with E-state index in [0.29, 0.717) is 6.54 Å². The zero-order chi connectivity index (χ0) is 41.7. The third-order valence-electron chi connectivity index (χ3n) is 13.1. The summed E-state index contributed by atoms with van der Waals surface area (Å²) in [7, 11) is 0. The minimum Gasteiger partial charge on any atom is -0.381 e. The van der Waals surface area contributed by atoms with Crippen molar-refractivity contribution in [3.8, 4) is 33.8 Å². The van der Waals surface area contributed by atoms with Crippen LogP contribution in [0.15, 0.2) is 218 Å². The van der Waals surface area contributed by atoms with Crippen molar-refractivity contribution in [1.29, 1.82) is 0 Å². The Hall–Kier alpha value is -7.88. The first kappa shape index (κ1) is 36.9. The largest absolute Gasteiger partial charge is 0.381 e. The molecule has 0 atom stereocenters. The lowest BCUT2D eigenvalue weighted by atomic mass is 9.89. The first-order valence-electron chi connectivity index (χ1n) is 22.2. The predicted molar refractivity (Wildman–Crippen MR) is 265 cm³/mol. The van der Waals surface area contributed by atoms with Gasteiger partial charge in [-0.1, -0.05) is 188 Å². The Morgan fingerprint density at radius 1 is 0.476 bits per heavy atom. The second-order valence-electron chi connectivity index (χ2n) is 16.8. The normalized spacial score (nSPS) is 12.5. The van der Waals surface area contributed by atoms with Crippen LogP contribution in [0.4, 0.5) is 0 Å². The van der Waals surface area contributed by atoms with E-state index in [1.54, 1.807) is 0 Å². The third kappa shape index (κ3) is 6.52. The highest BCUT2D eigenvalue weighted by Gasteiger charge is 2.26. The van der Waals surface area contributed by atoms with Crippen LogP contribution in [-0.4, -0.2) is 9.13 Å². The fourth-order valence-electron chi connectivity index (χ4n) is 10.2. The van der Waals surface area contributed by atoms with Gasteiger partial charge in [-0.05, 0) is 88.4 Å². The molecule has 0 aliphatic heterocycles. The van der Waals surface area contributed by atoms with Gasteiger partial charge in [-0.15, -0.1) is 0 Å². The highest BCUT2D eigenvalue weighted by molar-refractivity contribution is 6.18. The number of allylic oxidation sites excluding steroid dienone is 1. The van der Waals surface area contributed by atoms with E-state index < -0.39 is 0 Å². The molecular weight excluding hydrogens is 763 g/mol. The van der Waals surface area contributed by atoms with Crippen molar-refractivity contribution in [3.63, 3.8) is 0 Å². The average Bonchev–Trinajstić information content (AvgIpc) is 3.88. The van der Waals surface area contributed by atoms with Crippen LogP contribution in [0.3, 0.4) is 0 Å². The highest BCUT2D eigenvalue weighted by Crippen LogP contribution is 2.44. The molecule has 0 unspecified atom stereocenters. The molecule has 1 aliphatic rings. The number of benzene rings is 9. The predicted octanol–water partition coefficient (Wildman–Crippen LogP) is 14.7. The van der Waals surface area contributed by atoms with E-state index in [1.165, 1.54) is 88.1 Å². The molecule has 9 aromatic carbocycles. The molecule has 63 heavy (non-hydrogen) atoms. The van der Waals surface area contributed by atoms with Gasteiger partial charge >= 0.3 is 0 Å². The number of para-hydroxylation sites is 2. The van der Waals surface area contributed by atoms with E-state index in [0.717, 1.165) is 41.9 Å². The van der Waals surface area contributed by atoms with Gasteiger partial charge in [0, 0.05) is 56.3 Å². The van der Waals surface area contributed by atoms with Gasteiger partial charge in [-0.2, -0.15) is 0 Å². The van der Waals surface area contributed by atoms with E-state index in [1.807, 2.05) is 0 Å². The molecule has 0 bridgehead atoms. The van der Waals surface area contributed by atoms with Crippen molar-refractivity contribution < 1.29 is 0 Å². The minimum atomic E-state index is 0.700. The standard InChI is InChI=1S/C60H45N3/c1-3-16-42(17-4-1)40-61-56(35-30-41-18-15-23-46(36-41)43-19-5-2-6-20-43)47-37-48(62-57-28-13-11-26-52(57)54-33-31-44-21-7-9-24-50(44)59(54)62)39-49(38-47)63-58-29-14-12-27-53(58)55-34-32-45-22-8-10-25-51(45)60(55)63/h1-29,31,33,35-39,61H,30,32,34,40H2/b56-35-. The zero-order valence-electron chi connectivity index (χ0n) is 35.0. The van der Waals surface area contributed by atoms with Crippen molar-refractivity contribution in [2.75, 3.05) is 0 Å². The molecule has 300 valence electrons. The smallest absolute Gasteiger partial charge is 0.0619 e. The topological polar surface area (TPSA) is 21.9 Å². The Kier molecular flexibility index (Phi) is 9.11. The molecular formula is C60H45N3. The summed E-state index contributed by atoms with van der Waals surface area (Å²) in [4.78, 5) is 0. The van der Waals surface area contributed by atoms with Gasteiger partial charge in [0.05, 0.1) is 22.2 Å². The summed E-state index contributed by atoms with van der Waals surface area (Å²) in [5.41, 5.74) is 18.6. The van der Waals surface area contributed by atoms with Crippen LogP contribution in [0, 0.1) is 0 Å². The maximum Gasteiger partial charge on any atom is 0.0619 e. The van der Waals surface area contributed by atoms with E-state index in [2.05, 4.69) is 233 Å². The lowest BCUT2D eigenvalue weighted by Crippen LogP contribution is -2.13. The number of hydrogen-bond donors (Lipinski definition) is 1. The lowest BCUT2D eigenvalue weighted by molar-refractivity contribution is 0.885. The molecule has 0 fully saturated rings. The van der Waals surface area contributed by atoms with Gasteiger partial charge in [0.15, 0.2) is 0 Å². The van der Waals surface area contributed by atoms with Crippen LogP contribution in [0.5, 0.6) is 0 Å². The van der Waals surface area contributed by atoms with Crippen molar-refractivity contribution in [1.82, 2.24) is 14.5 Å². The molecule has 3 nitrogen and oxygen atoms in total. The Morgan fingerprint density at radius 2 is 1.13 bits per heavy atom. The highest BCUT2D eigenvalue weighted by atomic mass is 15.0. The fraction of sp³-hybridized carbons (Fsp3) is 0.0667. The van der Waals surface area contributed by atoms with Crippen molar-refractivity contribution in [2.45, 2.75) is 25.8 Å². The first-order chi connectivity index (χ1) is 31.2. The molecule has 12 rings (SSSR count). The minimum absolute atomic E-state index is 0.700. The van der Waals surface area contributed by atoms with E-state index in [4.69, 9.17) is 0 Å². The molecule has 11 aromatic rings. The molecule has 0 saturated carbocycles. The monoisotopic (exact) mass is 807 g/mol. The number of fused-ring (bicyclic) bond motifs is 10. The van der Waals surface area contributed by atoms with Crippen LogP contribution >= 0.6 is 0 Å². The van der Waals surface area contributed by atoms with Gasteiger partial charge in [0.1, 0.15) is 0 Å². The van der Waals surface area contributed by atoms with Crippen LogP contribution in [0.1, 0.15) is 27.8 Å². The molecule has 1 aliphatic carbocycles. The number of nitrogens with zero attached hydrogens (tertiary/aromatic N) is 2. The summed E-state index contributed by atoms with van der Waals surface area (Å²) in [5.74, 6) is 0. The van der Waals surface area contributed by atoms with Crippen LogP contribution < -0.4 is 5.32 Å². The average molecular weight is 808 g/mol. The van der Waals surface area contributed by atoms with E-state index >= 15 is 0 Å². The number of nitrogens with one attached hydrogen (secondary N) is 1. The molecule has 0 saturated heterocycles. The molecule has 0 amide bonds. The Morgan fingerprint density at radius 3 is 1.97 bits per heavy atom. The number of aryl methyl sites for hydroxylation is 2. The van der Waals surface area contributed by atoms with Gasteiger partial charge in [0.25, 0.3) is 0 Å². The van der Waals surface area contributed by atoms with Crippen molar-refractivity contribution in [3.05, 3.63) is 246 Å². The molecule has 2 heterocycles. The first-order valence-corrected chi connectivity index (χ1v) is 22.2. The van der Waals surface area contributed by atoms with Gasteiger partial charge in [0.2, 0.25) is 0 Å². The second kappa shape index (κ2) is 15.5.